The van der Waals surface area contributed by atoms with E-state index in [9.17, 15) is 0 Å². The van der Waals surface area contributed by atoms with Gasteiger partial charge in [0.05, 0.1) is 0 Å². The van der Waals surface area contributed by atoms with Crippen molar-refractivity contribution in [2.24, 2.45) is 10.9 Å². The zero-order valence-corrected chi connectivity index (χ0v) is 12.7. The van der Waals surface area contributed by atoms with Crippen molar-refractivity contribution in [3.63, 3.8) is 0 Å². The Balaban J connectivity index is 2.50. The van der Waals surface area contributed by atoms with Gasteiger partial charge >= 0.3 is 0 Å². The zero-order chi connectivity index (χ0) is 14.7. The lowest BCUT2D eigenvalue weighted by atomic mass is 10.1. The molecule has 0 atom stereocenters. The summed E-state index contributed by atoms with van der Waals surface area (Å²) < 4.78 is 0. The van der Waals surface area contributed by atoms with Crippen molar-refractivity contribution in [1.29, 1.82) is 0 Å². The number of aryl methyl sites for hydroxylation is 3. The van der Waals surface area contributed by atoms with Crippen LogP contribution in [0.15, 0.2) is 51.3 Å². The second kappa shape index (κ2) is 6.01. The minimum absolute atomic E-state index is 0.140. The first kappa shape index (κ1) is 14.5. The van der Waals surface area contributed by atoms with Crippen molar-refractivity contribution >= 4 is 17.6 Å². The SMILES string of the molecule is Cc1ccc(C)c(Sc2c(C)cccc2/C(N)=N/O)c1. The minimum atomic E-state index is 0.140. The number of oxime groups is 1. The average Bonchev–Trinajstić information content (AvgIpc) is 2.44. The molecule has 3 N–H and O–H groups in total. The molecule has 0 unspecified atom stereocenters. The largest absolute Gasteiger partial charge is 0.409 e. The van der Waals surface area contributed by atoms with Crippen molar-refractivity contribution in [1.82, 2.24) is 0 Å². The van der Waals surface area contributed by atoms with Crippen LogP contribution in [0, 0.1) is 20.8 Å². The molecule has 0 aromatic heterocycles. The van der Waals surface area contributed by atoms with E-state index >= 15 is 0 Å². The van der Waals surface area contributed by atoms with Crippen molar-refractivity contribution in [3.05, 3.63) is 58.7 Å². The van der Waals surface area contributed by atoms with Gasteiger partial charge in [0.1, 0.15) is 0 Å². The molecule has 0 saturated carbocycles. The number of hydrogen-bond acceptors (Lipinski definition) is 3. The molecule has 0 bridgehead atoms. The van der Waals surface area contributed by atoms with Gasteiger partial charge < -0.3 is 10.9 Å². The Morgan fingerprint density at radius 3 is 2.55 bits per heavy atom. The fourth-order valence-electron chi connectivity index (χ4n) is 1.97. The number of rotatable bonds is 3. The van der Waals surface area contributed by atoms with Crippen LogP contribution in [0.3, 0.4) is 0 Å². The number of benzene rings is 2. The van der Waals surface area contributed by atoms with Crippen LogP contribution in [0.25, 0.3) is 0 Å². The molecular formula is C16H18N2OS. The molecule has 2 aromatic carbocycles. The lowest BCUT2D eigenvalue weighted by Crippen LogP contribution is -2.14. The summed E-state index contributed by atoms with van der Waals surface area (Å²) in [5.41, 5.74) is 10.1. The molecule has 0 saturated heterocycles. The van der Waals surface area contributed by atoms with E-state index in [4.69, 9.17) is 10.9 Å². The highest BCUT2D eigenvalue weighted by atomic mass is 32.2. The molecular weight excluding hydrogens is 268 g/mol. The molecule has 20 heavy (non-hydrogen) atoms. The molecule has 0 aliphatic rings. The van der Waals surface area contributed by atoms with Gasteiger partial charge in [-0.05, 0) is 49.6 Å². The van der Waals surface area contributed by atoms with Crippen LogP contribution in [0.4, 0.5) is 0 Å². The van der Waals surface area contributed by atoms with Gasteiger partial charge in [-0.25, -0.2) is 0 Å². The monoisotopic (exact) mass is 286 g/mol. The summed E-state index contributed by atoms with van der Waals surface area (Å²) in [7, 11) is 0. The van der Waals surface area contributed by atoms with Crippen LogP contribution in [0.2, 0.25) is 0 Å². The highest BCUT2D eigenvalue weighted by Crippen LogP contribution is 2.35. The van der Waals surface area contributed by atoms with Crippen LogP contribution in [0.5, 0.6) is 0 Å². The first-order valence-corrected chi connectivity index (χ1v) is 7.17. The molecule has 0 heterocycles. The molecule has 0 aliphatic heterocycles. The van der Waals surface area contributed by atoms with Gasteiger partial charge in [-0.15, -0.1) is 0 Å². The maximum absolute atomic E-state index is 8.92. The molecule has 0 amide bonds. The second-order valence-corrected chi connectivity index (χ2v) is 5.86. The van der Waals surface area contributed by atoms with E-state index < -0.39 is 0 Å². The average molecular weight is 286 g/mol. The van der Waals surface area contributed by atoms with Crippen LogP contribution in [-0.2, 0) is 0 Å². The summed E-state index contributed by atoms with van der Waals surface area (Å²) in [5.74, 6) is 0.140. The predicted molar refractivity (Wildman–Crippen MR) is 83.7 cm³/mol. The standard InChI is InChI=1S/C16H18N2OS/c1-10-7-8-11(2)14(9-10)20-15-12(3)5-4-6-13(15)16(17)18-19/h4-9,19H,1-3H3,(H2,17,18). The molecule has 3 nitrogen and oxygen atoms in total. The number of amidine groups is 1. The summed E-state index contributed by atoms with van der Waals surface area (Å²) in [4.78, 5) is 2.21. The number of nitrogens with zero attached hydrogens (tertiary/aromatic N) is 1. The van der Waals surface area contributed by atoms with Crippen LogP contribution in [-0.4, -0.2) is 11.0 Å². The molecule has 104 valence electrons. The van der Waals surface area contributed by atoms with Crippen molar-refractivity contribution < 1.29 is 5.21 Å². The van der Waals surface area contributed by atoms with Gasteiger partial charge in [-0.2, -0.15) is 0 Å². The lowest BCUT2D eigenvalue weighted by Gasteiger charge is -2.13. The van der Waals surface area contributed by atoms with Crippen LogP contribution in [0.1, 0.15) is 22.3 Å². The van der Waals surface area contributed by atoms with Gasteiger partial charge in [0.15, 0.2) is 5.84 Å². The molecule has 2 rings (SSSR count). The van der Waals surface area contributed by atoms with Crippen molar-refractivity contribution in [2.75, 3.05) is 0 Å². The first-order chi connectivity index (χ1) is 9.52. The van der Waals surface area contributed by atoms with Crippen LogP contribution < -0.4 is 5.73 Å². The van der Waals surface area contributed by atoms with Crippen LogP contribution >= 0.6 is 11.8 Å². The summed E-state index contributed by atoms with van der Waals surface area (Å²) in [6.07, 6.45) is 0. The maximum atomic E-state index is 8.92. The molecule has 0 fully saturated rings. The number of hydrogen-bond donors (Lipinski definition) is 2. The fraction of sp³-hybridized carbons (Fsp3) is 0.188. The zero-order valence-electron chi connectivity index (χ0n) is 11.8. The Bertz CT molecular complexity index is 666. The number of nitrogens with two attached hydrogens (primary N) is 1. The summed E-state index contributed by atoms with van der Waals surface area (Å²) in [5, 5.41) is 12.0. The lowest BCUT2D eigenvalue weighted by molar-refractivity contribution is 0.318. The van der Waals surface area contributed by atoms with E-state index in [1.807, 2.05) is 25.1 Å². The normalized spacial score (nSPS) is 11.7. The van der Waals surface area contributed by atoms with E-state index in [-0.39, 0.29) is 5.84 Å². The van der Waals surface area contributed by atoms with E-state index in [1.165, 1.54) is 16.0 Å². The fourth-order valence-corrected chi connectivity index (χ4v) is 3.18. The molecule has 0 aliphatic carbocycles. The van der Waals surface area contributed by atoms with E-state index in [2.05, 4.69) is 37.2 Å². The Morgan fingerprint density at radius 1 is 1.10 bits per heavy atom. The Labute approximate surface area is 123 Å². The van der Waals surface area contributed by atoms with Gasteiger partial charge in [-0.3, -0.25) is 0 Å². The predicted octanol–water partition coefficient (Wildman–Crippen LogP) is 3.86. The van der Waals surface area contributed by atoms with E-state index in [0.29, 0.717) is 0 Å². The summed E-state index contributed by atoms with van der Waals surface area (Å²) in [6.45, 7) is 6.19. The molecule has 0 radical (unpaired) electrons. The minimum Gasteiger partial charge on any atom is -0.409 e. The van der Waals surface area contributed by atoms with Crippen molar-refractivity contribution in [2.45, 2.75) is 30.6 Å². The summed E-state index contributed by atoms with van der Waals surface area (Å²) in [6, 6.07) is 12.2. The van der Waals surface area contributed by atoms with Gasteiger partial charge in [-0.1, -0.05) is 41.2 Å². The molecule has 0 spiro atoms. The maximum Gasteiger partial charge on any atom is 0.171 e. The van der Waals surface area contributed by atoms with E-state index in [1.54, 1.807) is 11.8 Å². The topological polar surface area (TPSA) is 58.6 Å². The Hall–Kier alpha value is -1.94. The quantitative estimate of drug-likeness (QED) is 0.390. The van der Waals surface area contributed by atoms with Gasteiger partial charge in [0.25, 0.3) is 0 Å². The Morgan fingerprint density at radius 2 is 1.85 bits per heavy atom. The molecule has 4 heteroatoms. The smallest absolute Gasteiger partial charge is 0.171 e. The highest BCUT2D eigenvalue weighted by Gasteiger charge is 2.12. The second-order valence-electron chi connectivity index (χ2n) is 4.81. The first-order valence-electron chi connectivity index (χ1n) is 6.35. The Kier molecular flexibility index (Phi) is 4.35. The summed E-state index contributed by atoms with van der Waals surface area (Å²) >= 11 is 1.65. The third kappa shape index (κ3) is 2.96. The van der Waals surface area contributed by atoms with Crippen molar-refractivity contribution in [3.8, 4) is 0 Å². The highest BCUT2D eigenvalue weighted by molar-refractivity contribution is 7.99. The van der Waals surface area contributed by atoms with E-state index in [0.717, 1.165) is 16.0 Å². The molecule has 2 aromatic rings. The van der Waals surface area contributed by atoms with Gasteiger partial charge in [0.2, 0.25) is 0 Å². The third-order valence-electron chi connectivity index (χ3n) is 3.15. The third-order valence-corrected chi connectivity index (χ3v) is 4.56. The van der Waals surface area contributed by atoms with Gasteiger partial charge in [0, 0.05) is 15.4 Å².